The van der Waals surface area contributed by atoms with Crippen molar-refractivity contribution >= 4 is 17.6 Å². The fourth-order valence-corrected chi connectivity index (χ4v) is 5.12. The number of rotatable bonds is 3. The number of amides is 3. The van der Waals surface area contributed by atoms with Crippen molar-refractivity contribution in [2.24, 2.45) is 17.6 Å². The van der Waals surface area contributed by atoms with Crippen molar-refractivity contribution in [3.63, 3.8) is 0 Å². The standard InChI is InChI=1S/C20H28N4O2/c1-12-16(6-3-7-17(12)24-9-8-22-20(24)26)19(25)23-18-13-4-2-5-14(18)11-15(21)10-13/h3,6-7,13-15,18H,2,4-5,8-11,21H2,1H3,(H,22,26)(H,23,25). The summed E-state index contributed by atoms with van der Waals surface area (Å²) >= 11 is 0. The summed E-state index contributed by atoms with van der Waals surface area (Å²) in [5.41, 5.74) is 8.54. The van der Waals surface area contributed by atoms with E-state index in [-0.39, 0.29) is 24.0 Å². The molecular formula is C20H28N4O2. The number of hydrogen-bond acceptors (Lipinski definition) is 3. The molecule has 6 nitrogen and oxygen atoms in total. The number of carbonyl (C=O) groups is 2. The van der Waals surface area contributed by atoms with Gasteiger partial charge in [0.2, 0.25) is 0 Å². The van der Waals surface area contributed by atoms with Crippen LogP contribution in [0.3, 0.4) is 0 Å². The van der Waals surface area contributed by atoms with Crippen molar-refractivity contribution in [3.05, 3.63) is 29.3 Å². The van der Waals surface area contributed by atoms with Gasteiger partial charge in [-0.05, 0) is 62.1 Å². The number of nitrogens with zero attached hydrogens (tertiary/aromatic N) is 1. The minimum Gasteiger partial charge on any atom is -0.349 e. The summed E-state index contributed by atoms with van der Waals surface area (Å²) in [4.78, 5) is 26.7. The van der Waals surface area contributed by atoms with Crippen molar-refractivity contribution in [1.29, 1.82) is 0 Å². The van der Waals surface area contributed by atoms with E-state index >= 15 is 0 Å². The van der Waals surface area contributed by atoms with Gasteiger partial charge < -0.3 is 16.4 Å². The smallest absolute Gasteiger partial charge is 0.322 e. The monoisotopic (exact) mass is 356 g/mol. The van der Waals surface area contributed by atoms with Gasteiger partial charge in [-0.3, -0.25) is 9.69 Å². The second kappa shape index (κ2) is 6.91. The predicted octanol–water partition coefficient (Wildman–Crippen LogP) is 2.16. The van der Waals surface area contributed by atoms with Crippen LogP contribution in [0, 0.1) is 18.8 Å². The van der Waals surface area contributed by atoms with Gasteiger partial charge in [-0.15, -0.1) is 0 Å². The molecule has 0 spiro atoms. The van der Waals surface area contributed by atoms with Gasteiger partial charge in [0, 0.05) is 36.4 Å². The molecule has 1 aromatic carbocycles. The normalized spacial score (nSPS) is 30.8. The highest BCUT2D eigenvalue weighted by atomic mass is 16.2. The van der Waals surface area contributed by atoms with E-state index in [4.69, 9.17) is 5.73 Å². The first-order valence-electron chi connectivity index (χ1n) is 9.76. The summed E-state index contributed by atoms with van der Waals surface area (Å²) in [5, 5.41) is 6.13. The van der Waals surface area contributed by atoms with E-state index in [0.29, 0.717) is 30.5 Å². The van der Waals surface area contributed by atoms with Gasteiger partial charge in [-0.1, -0.05) is 12.5 Å². The Kier molecular flexibility index (Phi) is 4.61. The lowest BCUT2D eigenvalue weighted by Gasteiger charge is -2.45. The van der Waals surface area contributed by atoms with Crippen molar-refractivity contribution < 1.29 is 9.59 Å². The number of nitrogens with two attached hydrogens (primary N) is 1. The molecule has 1 aromatic rings. The Bertz CT molecular complexity index is 706. The van der Waals surface area contributed by atoms with Gasteiger partial charge in [0.1, 0.15) is 0 Å². The molecule has 2 bridgehead atoms. The number of fused-ring (bicyclic) bond motifs is 2. The summed E-state index contributed by atoms with van der Waals surface area (Å²) in [6.45, 7) is 3.20. The average Bonchev–Trinajstić information content (AvgIpc) is 3.01. The van der Waals surface area contributed by atoms with Gasteiger partial charge in [-0.2, -0.15) is 0 Å². The fourth-order valence-electron chi connectivity index (χ4n) is 5.12. The quantitative estimate of drug-likeness (QED) is 0.775. The molecule has 1 heterocycles. The van der Waals surface area contributed by atoms with Crippen LogP contribution in [-0.4, -0.2) is 37.1 Å². The Labute approximate surface area is 154 Å². The van der Waals surface area contributed by atoms with E-state index < -0.39 is 0 Å². The number of hydrogen-bond donors (Lipinski definition) is 3. The minimum absolute atomic E-state index is 0.0265. The zero-order chi connectivity index (χ0) is 18.3. The maximum Gasteiger partial charge on any atom is 0.322 e. The van der Waals surface area contributed by atoms with Crippen LogP contribution in [0.15, 0.2) is 18.2 Å². The zero-order valence-electron chi connectivity index (χ0n) is 15.3. The lowest BCUT2D eigenvalue weighted by atomic mass is 9.67. The zero-order valence-corrected chi connectivity index (χ0v) is 15.3. The Balaban J connectivity index is 1.54. The molecule has 1 aliphatic heterocycles. The van der Waals surface area contributed by atoms with Crippen LogP contribution in [-0.2, 0) is 0 Å². The molecule has 2 aliphatic carbocycles. The van der Waals surface area contributed by atoms with Crippen LogP contribution in [0.5, 0.6) is 0 Å². The van der Waals surface area contributed by atoms with Crippen molar-refractivity contribution in [1.82, 2.24) is 10.6 Å². The predicted molar refractivity (Wildman–Crippen MR) is 101 cm³/mol. The second-order valence-corrected chi connectivity index (χ2v) is 8.02. The first kappa shape index (κ1) is 17.3. The average molecular weight is 356 g/mol. The summed E-state index contributed by atoms with van der Waals surface area (Å²) < 4.78 is 0. The highest BCUT2D eigenvalue weighted by Gasteiger charge is 2.40. The molecule has 140 valence electrons. The topological polar surface area (TPSA) is 87.5 Å². The Morgan fingerprint density at radius 3 is 2.65 bits per heavy atom. The SMILES string of the molecule is Cc1c(C(=O)NC2C3CCCC2CC(N)C3)cccc1N1CCNC1=O. The van der Waals surface area contributed by atoms with Crippen molar-refractivity contribution in [2.45, 2.75) is 51.1 Å². The molecule has 26 heavy (non-hydrogen) atoms. The molecular weight excluding hydrogens is 328 g/mol. The van der Waals surface area contributed by atoms with Crippen molar-refractivity contribution in [3.8, 4) is 0 Å². The molecule has 0 radical (unpaired) electrons. The van der Waals surface area contributed by atoms with Crippen LogP contribution >= 0.6 is 0 Å². The molecule has 3 aliphatic rings. The van der Waals surface area contributed by atoms with E-state index in [1.54, 1.807) is 4.90 Å². The van der Waals surface area contributed by atoms with Gasteiger partial charge >= 0.3 is 6.03 Å². The third-order valence-electron chi connectivity index (χ3n) is 6.37. The van der Waals surface area contributed by atoms with Gasteiger partial charge in [-0.25, -0.2) is 4.79 Å². The van der Waals surface area contributed by atoms with E-state index in [0.717, 1.165) is 36.9 Å². The lowest BCUT2D eigenvalue weighted by molar-refractivity contribution is 0.0755. The number of nitrogens with one attached hydrogen (secondary N) is 2. The lowest BCUT2D eigenvalue weighted by Crippen LogP contribution is -2.53. The van der Waals surface area contributed by atoms with E-state index in [2.05, 4.69) is 10.6 Å². The molecule has 1 saturated heterocycles. The molecule has 4 rings (SSSR count). The molecule has 2 unspecified atom stereocenters. The number of carbonyl (C=O) groups excluding carboxylic acids is 2. The van der Waals surface area contributed by atoms with Crippen LogP contribution in [0.1, 0.15) is 48.0 Å². The maximum atomic E-state index is 13.0. The first-order chi connectivity index (χ1) is 12.5. The first-order valence-corrected chi connectivity index (χ1v) is 9.76. The van der Waals surface area contributed by atoms with Crippen molar-refractivity contribution in [2.75, 3.05) is 18.0 Å². The Hall–Kier alpha value is -2.08. The van der Waals surface area contributed by atoms with E-state index in [1.807, 2.05) is 25.1 Å². The largest absolute Gasteiger partial charge is 0.349 e. The number of anilines is 1. The molecule has 2 saturated carbocycles. The van der Waals surface area contributed by atoms with Gasteiger partial charge in [0.05, 0.1) is 0 Å². The Morgan fingerprint density at radius 2 is 2.00 bits per heavy atom. The molecule has 2 atom stereocenters. The molecule has 3 fully saturated rings. The van der Waals surface area contributed by atoms with Gasteiger partial charge in [0.25, 0.3) is 5.91 Å². The molecule has 0 aromatic heterocycles. The van der Waals surface area contributed by atoms with Gasteiger partial charge in [0.15, 0.2) is 0 Å². The van der Waals surface area contributed by atoms with Crippen LogP contribution in [0.4, 0.5) is 10.5 Å². The summed E-state index contributed by atoms with van der Waals surface area (Å²) in [7, 11) is 0. The number of urea groups is 1. The second-order valence-electron chi connectivity index (χ2n) is 8.02. The van der Waals surface area contributed by atoms with Crippen LogP contribution in [0.2, 0.25) is 0 Å². The van der Waals surface area contributed by atoms with Crippen LogP contribution in [0.25, 0.3) is 0 Å². The fraction of sp³-hybridized carbons (Fsp3) is 0.600. The summed E-state index contributed by atoms with van der Waals surface area (Å²) in [6, 6.07) is 6.03. The van der Waals surface area contributed by atoms with E-state index in [9.17, 15) is 9.59 Å². The maximum absolute atomic E-state index is 13.0. The molecule has 6 heteroatoms. The summed E-state index contributed by atoms with van der Waals surface area (Å²) in [6.07, 6.45) is 5.57. The Morgan fingerprint density at radius 1 is 1.27 bits per heavy atom. The third kappa shape index (κ3) is 3.07. The number of benzene rings is 1. The van der Waals surface area contributed by atoms with E-state index in [1.165, 1.54) is 6.42 Å². The third-order valence-corrected chi connectivity index (χ3v) is 6.37. The molecule has 4 N–H and O–H groups in total. The summed E-state index contributed by atoms with van der Waals surface area (Å²) in [5.74, 6) is 0.963. The van der Waals surface area contributed by atoms with Crippen LogP contribution < -0.4 is 21.3 Å². The minimum atomic E-state index is -0.0959. The highest BCUT2D eigenvalue weighted by molar-refractivity contribution is 6.00. The molecule has 3 amide bonds. The highest BCUT2D eigenvalue weighted by Crippen LogP contribution is 2.40.